The second-order valence-corrected chi connectivity index (χ2v) is 13.2. The number of amides is 1. The van der Waals surface area contributed by atoms with Crippen molar-refractivity contribution in [2.24, 2.45) is 11.3 Å². The number of carbonyl (C=O) groups is 2. The zero-order valence-electron chi connectivity index (χ0n) is 19.9. The molecular formula is C23H27ClN4O5S2. The smallest absolute Gasteiger partial charge is 0.340 e. The number of rotatable bonds is 6. The number of nitrogens with zero attached hydrogens (tertiary/aromatic N) is 3. The van der Waals surface area contributed by atoms with Crippen LogP contribution in [-0.4, -0.2) is 45.0 Å². The molecule has 1 saturated heterocycles. The van der Waals surface area contributed by atoms with Crippen molar-refractivity contribution in [3.63, 3.8) is 0 Å². The summed E-state index contributed by atoms with van der Waals surface area (Å²) in [5.74, 6) is -1.18. The Bertz CT molecular complexity index is 1270. The lowest BCUT2D eigenvalue weighted by molar-refractivity contribution is -0.123. The third kappa shape index (κ3) is 6.72. The number of nitrogens with one attached hydrogen (secondary N) is 1. The first kappa shape index (κ1) is 26.9. The highest BCUT2D eigenvalue weighted by Gasteiger charge is 2.31. The Kier molecular flexibility index (Phi) is 8.09. The number of hydrogen-bond donors (Lipinski definition) is 1. The zero-order valence-corrected chi connectivity index (χ0v) is 22.3. The molecule has 0 spiro atoms. The normalized spacial score (nSPS) is 14.9. The van der Waals surface area contributed by atoms with Gasteiger partial charge in [-0.25, -0.2) is 22.9 Å². The van der Waals surface area contributed by atoms with E-state index in [4.69, 9.17) is 16.3 Å². The number of nitriles is 1. The van der Waals surface area contributed by atoms with Crippen LogP contribution in [0.15, 0.2) is 22.4 Å². The van der Waals surface area contributed by atoms with Crippen LogP contribution in [-0.2, 0) is 19.6 Å². The molecule has 0 aromatic carbocycles. The monoisotopic (exact) mass is 538 g/mol. The first-order valence-corrected chi connectivity index (χ1v) is 13.6. The minimum atomic E-state index is -3.98. The number of aromatic nitrogens is 1. The van der Waals surface area contributed by atoms with E-state index < -0.39 is 27.8 Å². The minimum Gasteiger partial charge on any atom is -0.461 e. The molecule has 1 fully saturated rings. The van der Waals surface area contributed by atoms with Crippen molar-refractivity contribution in [1.29, 1.82) is 5.26 Å². The molecule has 1 N–H and O–H groups in total. The molecular weight excluding hydrogens is 512 g/mol. The van der Waals surface area contributed by atoms with Gasteiger partial charge < -0.3 is 9.64 Å². The van der Waals surface area contributed by atoms with Crippen LogP contribution in [0.25, 0.3) is 0 Å². The number of sulfonamides is 1. The first-order chi connectivity index (χ1) is 16.3. The first-order valence-electron chi connectivity index (χ1n) is 11.0. The fraction of sp³-hybridized carbons (Fsp3) is 0.478. The molecule has 3 heterocycles. The SMILES string of the molecule is Cc1nc(N2CCC(C(=O)NS(=O)(=O)c3ccc(Cl)s3)CC2)c(C#N)cc1C(=O)OCC(C)(C)C. The minimum absolute atomic E-state index is 0.0206. The third-order valence-electron chi connectivity index (χ3n) is 5.38. The van der Waals surface area contributed by atoms with Gasteiger partial charge in [0.1, 0.15) is 16.1 Å². The molecule has 9 nitrogen and oxygen atoms in total. The number of ether oxygens (including phenoxy) is 1. The van der Waals surface area contributed by atoms with Gasteiger partial charge in [-0.2, -0.15) is 5.26 Å². The van der Waals surface area contributed by atoms with Gasteiger partial charge >= 0.3 is 5.97 Å². The number of hydrogen-bond acceptors (Lipinski definition) is 9. The lowest BCUT2D eigenvalue weighted by Crippen LogP contribution is -2.42. The van der Waals surface area contributed by atoms with Gasteiger partial charge in [-0.05, 0) is 43.4 Å². The summed E-state index contributed by atoms with van der Waals surface area (Å²) >= 11 is 6.68. The summed E-state index contributed by atoms with van der Waals surface area (Å²) in [6.07, 6.45) is 0.765. The van der Waals surface area contributed by atoms with Crippen molar-refractivity contribution < 1.29 is 22.7 Å². The van der Waals surface area contributed by atoms with Gasteiger partial charge in [-0.15, -0.1) is 11.3 Å². The number of aryl methyl sites for hydroxylation is 1. The van der Waals surface area contributed by atoms with Crippen LogP contribution >= 0.6 is 22.9 Å². The molecule has 188 valence electrons. The predicted molar refractivity (Wildman–Crippen MR) is 133 cm³/mol. The number of piperidine rings is 1. The number of pyridine rings is 1. The molecule has 3 rings (SSSR count). The Balaban J connectivity index is 1.67. The van der Waals surface area contributed by atoms with Crippen molar-refractivity contribution >= 4 is 50.7 Å². The average Bonchev–Trinajstić information content (AvgIpc) is 3.24. The highest BCUT2D eigenvalue weighted by atomic mass is 35.5. The summed E-state index contributed by atoms with van der Waals surface area (Å²) in [6.45, 7) is 8.57. The number of thiophene rings is 1. The molecule has 35 heavy (non-hydrogen) atoms. The van der Waals surface area contributed by atoms with Crippen LogP contribution in [0, 0.1) is 29.6 Å². The second-order valence-electron chi connectivity index (χ2n) is 9.53. The molecule has 1 amide bonds. The van der Waals surface area contributed by atoms with Crippen molar-refractivity contribution in [1.82, 2.24) is 9.71 Å². The van der Waals surface area contributed by atoms with E-state index in [1.807, 2.05) is 25.7 Å². The largest absolute Gasteiger partial charge is 0.461 e. The molecule has 0 atom stereocenters. The van der Waals surface area contributed by atoms with Gasteiger partial charge in [0, 0.05) is 19.0 Å². The highest BCUT2D eigenvalue weighted by molar-refractivity contribution is 7.92. The van der Waals surface area contributed by atoms with E-state index in [9.17, 15) is 23.3 Å². The molecule has 0 unspecified atom stereocenters. The van der Waals surface area contributed by atoms with E-state index in [1.165, 1.54) is 18.2 Å². The number of halogens is 1. The maximum absolute atomic E-state index is 12.6. The van der Waals surface area contributed by atoms with Gasteiger partial charge in [0.15, 0.2) is 0 Å². The number of carbonyl (C=O) groups excluding carboxylic acids is 2. The molecule has 0 saturated carbocycles. The van der Waals surface area contributed by atoms with Crippen molar-refractivity contribution in [3.05, 3.63) is 39.4 Å². The summed E-state index contributed by atoms with van der Waals surface area (Å²) in [5.41, 5.74) is 0.724. The Morgan fingerprint density at radius 2 is 1.97 bits per heavy atom. The van der Waals surface area contributed by atoms with Gasteiger partial charge in [0.05, 0.1) is 27.8 Å². The molecule has 2 aromatic heterocycles. The van der Waals surface area contributed by atoms with Crippen LogP contribution in [0.5, 0.6) is 0 Å². The summed E-state index contributed by atoms with van der Waals surface area (Å²) in [7, 11) is -3.98. The Labute approximate surface area is 214 Å². The Morgan fingerprint density at radius 3 is 2.51 bits per heavy atom. The van der Waals surface area contributed by atoms with Crippen LogP contribution in [0.3, 0.4) is 0 Å². The fourth-order valence-electron chi connectivity index (χ4n) is 3.54. The fourth-order valence-corrected chi connectivity index (χ4v) is 6.07. The number of esters is 1. The highest BCUT2D eigenvalue weighted by Crippen LogP contribution is 2.29. The Hall–Kier alpha value is -2.68. The van der Waals surface area contributed by atoms with E-state index in [0.29, 0.717) is 41.8 Å². The standard InChI is InChI=1S/C23H27ClN4O5S2/c1-14-17(22(30)33-13-23(2,3)4)11-16(12-25)20(26-14)28-9-7-15(8-10-28)21(29)27-35(31,32)19-6-5-18(24)34-19/h5-6,11,15H,7-10,13H2,1-4H3,(H,27,29). The molecule has 1 aliphatic rings. The summed E-state index contributed by atoms with van der Waals surface area (Å²) < 4.78 is 32.6. The molecule has 0 radical (unpaired) electrons. The molecule has 12 heteroatoms. The van der Waals surface area contributed by atoms with Crippen LogP contribution in [0.1, 0.15) is 55.2 Å². The lowest BCUT2D eigenvalue weighted by atomic mass is 9.96. The van der Waals surface area contributed by atoms with Crippen molar-refractivity contribution in [2.75, 3.05) is 24.6 Å². The van der Waals surface area contributed by atoms with Gasteiger partial charge in [0.25, 0.3) is 10.0 Å². The Morgan fingerprint density at radius 1 is 1.31 bits per heavy atom. The van der Waals surface area contributed by atoms with Crippen molar-refractivity contribution in [2.45, 2.75) is 44.7 Å². The van der Waals surface area contributed by atoms with Gasteiger partial charge in [0.2, 0.25) is 5.91 Å². The molecule has 1 aliphatic heterocycles. The predicted octanol–water partition coefficient (Wildman–Crippen LogP) is 3.90. The van der Waals surface area contributed by atoms with Crippen molar-refractivity contribution in [3.8, 4) is 6.07 Å². The van der Waals surface area contributed by atoms with E-state index in [-0.39, 0.29) is 27.4 Å². The average molecular weight is 539 g/mol. The molecule has 2 aromatic rings. The maximum Gasteiger partial charge on any atom is 0.340 e. The quantitative estimate of drug-likeness (QED) is 0.548. The lowest BCUT2D eigenvalue weighted by Gasteiger charge is -2.32. The van der Waals surface area contributed by atoms with Crippen LogP contribution in [0.2, 0.25) is 4.34 Å². The third-order valence-corrected chi connectivity index (χ3v) is 8.45. The topological polar surface area (TPSA) is 129 Å². The van der Waals surface area contributed by atoms with Gasteiger partial charge in [-0.1, -0.05) is 32.4 Å². The van der Waals surface area contributed by atoms with E-state index >= 15 is 0 Å². The van der Waals surface area contributed by atoms with E-state index in [0.717, 1.165) is 11.3 Å². The second kappa shape index (κ2) is 10.5. The summed E-state index contributed by atoms with van der Waals surface area (Å²) in [6, 6.07) is 6.39. The van der Waals surface area contributed by atoms with Crippen LogP contribution in [0.4, 0.5) is 5.82 Å². The van der Waals surface area contributed by atoms with E-state index in [1.54, 1.807) is 6.92 Å². The maximum atomic E-state index is 12.6. The van der Waals surface area contributed by atoms with E-state index in [2.05, 4.69) is 15.8 Å². The summed E-state index contributed by atoms with van der Waals surface area (Å²) in [5, 5.41) is 9.68. The summed E-state index contributed by atoms with van der Waals surface area (Å²) in [4.78, 5) is 31.5. The van der Waals surface area contributed by atoms with Gasteiger partial charge in [-0.3, -0.25) is 4.79 Å². The van der Waals surface area contributed by atoms with Crippen LogP contribution < -0.4 is 9.62 Å². The zero-order chi connectivity index (χ0) is 26.0. The molecule has 0 bridgehead atoms. The molecule has 0 aliphatic carbocycles. The number of anilines is 1.